The third-order valence-electron chi connectivity index (χ3n) is 6.23. The van der Waals surface area contributed by atoms with Crippen LogP contribution in [0.25, 0.3) is 0 Å². The summed E-state index contributed by atoms with van der Waals surface area (Å²) in [4.78, 5) is 39.2. The van der Waals surface area contributed by atoms with E-state index in [4.69, 9.17) is 0 Å². The fourth-order valence-electron chi connectivity index (χ4n) is 4.84. The zero-order chi connectivity index (χ0) is 20.3. The largest absolute Gasteiger partial charge is 0.480 e. The number of benzene rings is 1. The molecule has 3 atom stereocenters. The maximum atomic E-state index is 13.4. The number of carbonyl (C=O) groups is 3. The van der Waals surface area contributed by atoms with Crippen LogP contribution in [0.3, 0.4) is 0 Å². The highest BCUT2D eigenvalue weighted by Gasteiger charge is 2.64. The van der Waals surface area contributed by atoms with Crippen LogP contribution in [0.5, 0.6) is 0 Å². The van der Waals surface area contributed by atoms with Gasteiger partial charge >= 0.3 is 5.97 Å². The average molecular weight is 467 g/mol. The Morgan fingerprint density at radius 2 is 1.96 bits per heavy atom. The Bertz CT molecular complexity index is 852. The van der Waals surface area contributed by atoms with Crippen molar-refractivity contribution in [3.8, 4) is 0 Å². The van der Waals surface area contributed by atoms with Gasteiger partial charge in [0, 0.05) is 9.22 Å². The van der Waals surface area contributed by atoms with E-state index in [-0.39, 0.29) is 17.2 Å². The summed E-state index contributed by atoms with van der Waals surface area (Å²) in [6.07, 6.45) is 3.44. The Hall–Kier alpha value is -1.54. The minimum Gasteiger partial charge on any atom is -0.480 e. The second-order valence-corrected chi connectivity index (χ2v) is 11.0. The summed E-state index contributed by atoms with van der Waals surface area (Å²) < 4.78 is 0.327. The summed E-state index contributed by atoms with van der Waals surface area (Å²) in [5.41, 5.74) is 0.332. The van der Waals surface area contributed by atoms with E-state index in [2.05, 4.69) is 21.2 Å². The minimum atomic E-state index is -1.00. The second kappa shape index (κ2) is 6.76. The number of amides is 2. The molecule has 2 saturated heterocycles. The number of fused-ring (bicyclic) bond motifs is 1. The molecule has 4 rings (SSSR count). The van der Waals surface area contributed by atoms with E-state index in [1.165, 1.54) is 16.7 Å². The number of halogens is 1. The molecule has 150 valence electrons. The molecule has 0 spiro atoms. The van der Waals surface area contributed by atoms with Crippen molar-refractivity contribution in [1.29, 1.82) is 0 Å². The molecule has 6 nitrogen and oxygen atoms in total. The summed E-state index contributed by atoms with van der Waals surface area (Å²) in [5, 5.41) is 12.2. The van der Waals surface area contributed by atoms with E-state index in [0.29, 0.717) is 0 Å². The van der Waals surface area contributed by atoms with Gasteiger partial charge < -0.3 is 15.3 Å². The Kier molecular flexibility index (Phi) is 4.77. The smallest absolute Gasteiger partial charge is 0.327 e. The Morgan fingerprint density at radius 1 is 1.29 bits per heavy atom. The molecule has 0 bridgehead atoms. The average Bonchev–Trinajstić information content (AvgIpc) is 3.21. The summed E-state index contributed by atoms with van der Waals surface area (Å²) in [6, 6.07) is 6.28. The van der Waals surface area contributed by atoms with Gasteiger partial charge in [-0.05, 0) is 44.4 Å². The molecule has 0 aromatic heterocycles. The number of hydrogen-bond acceptors (Lipinski definition) is 4. The number of carbonyl (C=O) groups excluding carboxylic acids is 2. The first-order valence-corrected chi connectivity index (χ1v) is 11.1. The molecule has 2 heterocycles. The molecule has 0 unspecified atom stereocenters. The monoisotopic (exact) mass is 466 g/mol. The lowest BCUT2D eigenvalue weighted by atomic mass is 9.77. The van der Waals surface area contributed by atoms with Crippen LogP contribution in [0.4, 0.5) is 0 Å². The fraction of sp³-hybridized carbons (Fsp3) is 0.550. The zero-order valence-electron chi connectivity index (χ0n) is 15.8. The van der Waals surface area contributed by atoms with Crippen molar-refractivity contribution in [2.45, 2.75) is 67.2 Å². The molecule has 1 aliphatic carbocycles. The van der Waals surface area contributed by atoms with Crippen LogP contribution in [0, 0.1) is 0 Å². The molecule has 1 aromatic carbocycles. The van der Waals surface area contributed by atoms with Crippen molar-refractivity contribution >= 4 is 45.5 Å². The first-order valence-electron chi connectivity index (χ1n) is 9.47. The summed E-state index contributed by atoms with van der Waals surface area (Å²) in [7, 11) is 0. The van der Waals surface area contributed by atoms with Crippen LogP contribution in [-0.2, 0) is 19.8 Å². The Morgan fingerprint density at radius 3 is 2.57 bits per heavy atom. The Labute approximate surface area is 176 Å². The zero-order valence-corrected chi connectivity index (χ0v) is 18.2. The number of carboxylic acids is 1. The number of thioether (sulfide) groups is 1. The number of nitrogens with zero attached hydrogens (tertiary/aromatic N) is 1. The molecule has 1 aromatic rings. The molecule has 1 saturated carbocycles. The van der Waals surface area contributed by atoms with Gasteiger partial charge in [0.2, 0.25) is 11.8 Å². The molecule has 2 N–H and O–H groups in total. The summed E-state index contributed by atoms with van der Waals surface area (Å²) in [6.45, 7) is 3.67. The number of carboxylic acid groups (broad SMARTS) is 1. The highest BCUT2D eigenvalue weighted by Crippen LogP contribution is 2.51. The molecule has 2 amide bonds. The van der Waals surface area contributed by atoms with E-state index >= 15 is 0 Å². The molecule has 0 radical (unpaired) electrons. The van der Waals surface area contributed by atoms with Gasteiger partial charge in [-0.1, -0.05) is 40.9 Å². The van der Waals surface area contributed by atoms with Crippen molar-refractivity contribution in [2.75, 3.05) is 0 Å². The number of aliphatic carboxylic acids is 1. The standard InChI is InChI=1S/C20H23BrN2O4S/c1-19(2)14(17(25)26)23-15(24)13(16(23)28-19)22-18(27)20(8-3-4-9-20)11-6-5-7-12(21)10-11/h5-7,10,13-14,16H,3-4,8-9H2,1-2H3,(H,22,27)(H,25,26)/t13-,14+,16-/m1/s1. The van der Waals surface area contributed by atoms with Crippen LogP contribution in [0.15, 0.2) is 28.7 Å². The lowest BCUT2D eigenvalue weighted by Gasteiger charge is -2.44. The first kappa shape index (κ1) is 19.8. The Balaban J connectivity index is 1.57. The van der Waals surface area contributed by atoms with Gasteiger partial charge in [0.1, 0.15) is 17.5 Å². The van der Waals surface area contributed by atoms with Gasteiger partial charge in [0.15, 0.2) is 0 Å². The van der Waals surface area contributed by atoms with Gasteiger partial charge in [-0.3, -0.25) is 9.59 Å². The van der Waals surface area contributed by atoms with Crippen molar-refractivity contribution in [1.82, 2.24) is 10.2 Å². The fourth-order valence-corrected chi connectivity index (χ4v) is 6.86. The van der Waals surface area contributed by atoms with Crippen molar-refractivity contribution in [3.05, 3.63) is 34.3 Å². The van der Waals surface area contributed by atoms with Gasteiger partial charge in [0.05, 0.1) is 5.41 Å². The normalized spacial score (nSPS) is 29.9. The molecule has 3 fully saturated rings. The van der Waals surface area contributed by atoms with E-state index in [0.717, 1.165) is 35.7 Å². The summed E-state index contributed by atoms with van der Waals surface area (Å²) >= 11 is 4.94. The van der Waals surface area contributed by atoms with E-state index in [1.54, 1.807) is 0 Å². The maximum Gasteiger partial charge on any atom is 0.327 e. The molecule has 3 aliphatic rings. The highest BCUT2D eigenvalue weighted by atomic mass is 79.9. The number of β-lactam (4-membered cyclic amide) rings is 1. The van der Waals surface area contributed by atoms with Crippen LogP contribution in [0.1, 0.15) is 45.1 Å². The minimum absolute atomic E-state index is 0.127. The van der Waals surface area contributed by atoms with Crippen LogP contribution in [-0.4, -0.2) is 50.0 Å². The molecule has 8 heteroatoms. The number of rotatable bonds is 4. The number of hydrogen-bond donors (Lipinski definition) is 2. The molecular formula is C20H23BrN2O4S. The predicted octanol–water partition coefficient (Wildman–Crippen LogP) is 2.89. The van der Waals surface area contributed by atoms with Gasteiger partial charge in [-0.25, -0.2) is 4.79 Å². The van der Waals surface area contributed by atoms with Gasteiger partial charge in [0.25, 0.3) is 0 Å². The third-order valence-corrected chi connectivity index (χ3v) is 8.30. The van der Waals surface area contributed by atoms with Crippen LogP contribution < -0.4 is 5.32 Å². The van der Waals surface area contributed by atoms with E-state index in [9.17, 15) is 19.5 Å². The quantitative estimate of drug-likeness (QED) is 0.666. The molecule has 28 heavy (non-hydrogen) atoms. The lowest BCUT2D eigenvalue weighted by Crippen LogP contribution is -2.71. The van der Waals surface area contributed by atoms with Gasteiger partial charge in [-0.2, -0.15) is 0 Å². The second-order valence-electron chi connectivity index (χ2n) is 8.35. The third kappa shape index (κ3) is 2.87. The molecule has 2 aliphatic heterocycles. The van der Waals surface area contributed by atoms with Gasteiger partial charge in [-0.15, -0.1) is 11.8 Å². The molecular weight excluding hydrogens is 444 g/mol. The van der Waals surface area contributed by atoms with Crippen LogP contribution in [0.2, 0.25) is 0 Å². The SMILES string of the molecule is CC1(C)S[C@@H]2[C@H](NC(=O)C3(c4cccc(Br)c4)CCCC3)C(=O)N2[C@H]1C(=O)O. The summed E-state index contributed by atoms with van der Waals surface area (Å²) in [5.74, 6) is -1.43. The predicted molar refractivity (Wildman–Crippen MR) is 110 cm³/mol. The van der Waals surface area contributed by atoms with E-state index in [1.807, 2.05) is 38.1 Å². The van der Waals surface area contributed by atoms with Crippen molar-refractivity contribution < 1.29 is 19.5 Å². The lowest BCUT2D eigenvalue weighted by molar-refractivity contribution is -0.161. The highest BCUT2D eigenvalue weighted by molar-refractivity contribution is 9.10. The maximum absolute atomic E-state index is 13.4. The topological polar surface area (TPSA) is 86.7 Å². The van der Waals surface area contributed by atoms with Crippen LogP contribution >= 0.6 is 27.7 Å². The van der Waals surface area contributed by atoms with Crippen molar-refractivity contribution in [3.63, 3.8) is 0 Å². The first-order chi connectivity index (χ1) is 13.2. The number of nitrogens with one attached hydrogen (secondary N) is 1. The van der Waals surface area contributed by atoms with E-state index < -0.39 is 28.2 Å². The van der Waals surface area contributed by atoms with Crippen molar-refractivity contribution in [2.24, 2.45) is 0 Å².